The molecule has 0 bridgehead atoms. The molecule has 0 aliphatic carbocycles. The zero-order chi connectivity index (χ0) is 11.5. The molecule has 1 aliphatic rings. The van der Waals surface area contributed by atoms with Gasteiger partial charge >= 0.3 is 0 Å². The van der Waals surface area contributed by atoms with Crippen LogP contribution < -0.4 is 5.32 Å². The van der Waals surface area contributed by atoms with E-state index in [4.69, 9.17) is 4.42 Å². The summed E-state index contributed by atoms with van der Waals surface area (Å²) in [4.78, 5) is 14.1. The number of likely N-dealkylation sites (tertiary alicyclic amines) is 1. The van der Waals surface area contributed by atoms with Gasteiger partial charge in [0.15, 0.2) is 5.76 Å². The van der Waals surface area contributed by atoms with Gasteiger partial charge in [-0.05, 0) is 32.9 Å². The molecule has 1 fully saturated rings. The molecule has 1 aromatic heterocycles. The largest absolute Gasteiger partial charge is 0.459 e. The van der Waals surface area contributed by atoms with Crippen LogP contribution in [0.5, 0.6) is 0 Å². The highest BCUT2D eigenvalue weighted by atomic mass is 16.3. The molecule has 1 aromatic rings. The number of amides is 1. The van der Waals surface area contributed by atoms with Crippen molar-refractivity contribution in [1.82, 2.24) is 10.2 Å². The molecule has 0 saturated carbocycles. The Hall–Kier alpha value is -1.29. The quantitative estimate of drug-likeness (QED) is 0.841. The molecule has 88 valence electrons. The van der Waals surface area contributed by atoms with Crippen molar-refractivity contribution in [3.05, 3.63) is 23.7 Å². The van der Waals surface area contributed by atoms with E-state index in [9.17, 15) is 4.79 Å². The Morgan fingerprint density at radius 1 is 1.69 bits per heavy atom. The lowest BCUT2D eigenvalue weighted by Gasteiger charge is -2.23. The summed E-state index contributed by atoms with van der Waals surface area (Å²) in [5.41, 5.74) is 0.917. The van der Waals surface area contributed by atoms with Crippen LogP contribution in [0.1, 0.15) is 29.0 Å². The molecule has 1 atom stereocenters. The minimum absolute atomic E-state index is 0.0280. The summed E-state index contributed by atoms with van der Waals surface area (Å²) >= 11 is 0. The molecule has 2 rings (SSSR count). The van der Waals surface area contributed by atoms with Gasteiger partial charge in [0.05, 0.1) is 6.26 Å². The number of hydrogen-bond donors (Lipinski definition) is 1. The summed E-state index contributed by atoms with van der Waals surface area (Å²) in [6.45, 7) is 3.59. The van der Waals surface area contributed by atoms with Gasteiger partial charge in [-0.3, -0.25) is 4.79 Å². The van der Waals surface area contributed by atoms with E-state index >= 15 is 0 Å². The number of likely N-dealkylation sites (N-methyl/N-ethyl adjacent to an activating group) is 1. The molecule has 16 heavy (non-hydrogen) atoms. The lowest BCUT2D eigenvalue weighted by Crippen LogP contribution is -2.40. The minimum Gasteiger partial charge on any atom is -0.459 e. The molecular formula is C12H18N2O2. The third kappa shape index (κ3) is 1.97. The number of aryl methyl sites for hydroxylation is 1. The van der Waals surface area contributed by atoms with Crippen LogP contribution >= 0.6 is 0 Å². The maximum Gasteiger partial charge on any atom is 0.290 e. The van der Waals surface area contributed by atoms with Crippen molar-refractivity contribution >= 4 is 5.91 Å². The fourth-order valence-corrected chi connectivity index (χ4v) is 2.27. The molecule has 4 nitrogen and oxygen atoms in total. The van der Waals surface area contributed by atoms with Crippen molar-refractivity contribution in [2.45, 2.75) is 25.8 Å². The van der Waals surface area contributed by atoms with E-state index in [1.165, 1.54) is 0 Å². The van der Waals surface area contributed by atoms with Crippen LogP contribution in [-0.4, -0.2) is 37.0 Å². The minimum atomic E-state index is 0.0280. The number of carbonyl (C=O) groups excluding carboxylic acids is 1. The van der Waals surface area contributed by atoms with Crippen molar-refractivity contribution in [2.75, 3.05) is 20.1 Å². The van der Waals surface area contributed by atoms with Gasteiger partial charge in [0.25, 0.3) is 5.91 Å². The fourth-order valence-electron chi connectivity index (χ4n) is 2.27. The third-order valence-corrected chi connectivity index (χ3v) is 3.13. The van der Waals surface area contributed by atoms with Crippen molar-refractivity contribution < 1.29 is 9.21 Å². The number of furan rings is 1. The van der Waals surface area contributed by atoms with Gasteiger partial charge in [0, 0.05) is 24.7 Å². The Morgan fingerprint density at radius 2 is 2.50 bits per heavy atom. The highest BCUT2D eigenvalue weighted by Crippen LogP contribution is 2.21. The maximum atomic E-state index is 12.2. The average molecular weight is 222 g/mol. The predicted molar refractivity (Wildman–Crippen MR) is 61.4 cm³/mol. The number of nitrogens with zero attached hydrogens (tertiary/aromatic N) is 1. The van der Waals surface area contributed by atoms with Crippen molar-refractivity contribution in [3.63, 3.8) is 0 Å². The molecule has 4 heteroatoms. The summed E-state index contributed by atoms with van der Waals surface area (Å²) in [7, 11) is 1.92. The molecule has 1 N–H and O–H groups in total. The topological polar surface area (TPSA) is 45.5 Å². The van der Waals surface area contributed by atoms with E-state index in [0.717, 1.165) is 31.5 Å². The first-order valence-corrected chi connectivity index (χ1v) is 5.73. The zero-order valence-electron chi connectivity index (χ0n) is 9.82. The van der Waals surface area contributed by atoms with Crippen LogP contribution in [0.15, 0.2) is 16.7 Å². The monoisotopic (exact) mass is 222 g/mol. The summed E-state index contributed by atoms with van der Waals surface area (Å²) < 4.78 is 5.25. The lowest BCUT2D eigenvalue weighted by atomic mass is 10.2. The maximum absolute atomic E-state index is 12.2. The molecule has 0 radical (unpaired) electrons. The predicted octanol–water partition coefficient (Wildman–Crippen LogP) is 1.41. The van der Waals surface area contributed by atoms with Crippen LogP contribution in [-0.2, 0) is 0 Å². The number of carbonyl (C=O) groups is 1. The molecular weight excluding hydrogens is 204 g/mol. The lowest BCUT2D eigenvalue weighted by molar-refractivity contribution is 0.0704. The smallest absolute Gasteiger partial charge is 0.290 e. The Bertz CT molecular complexity index is 373. The summed E-state index contributed by atoms with van der Waals surface area (Å²) in [5.74, 6) is 0.517. The average Bonchev–Trinajstić information content (AvgIpc) is 2.87. The van der Waals surface area contributed by atoms with Crippen LogP contribution in [0.3, 0.4) is 0 Å². The molecule has 1 aliphatic heterocycles. The first-order chi connectivity index (χ1) is 7.74. The SMILES string of the molecule is CNCC1CCCN1C(=O)c1occc1C. The third-order valence-electron chi connectivity index (χ3n) is 3.13. The Labute approximate surface area is 95.6 Å². The molecule has 0 spiro atoms. The number of hydrogen-bond acceptors (Lipinski definition) is 3. The first kappa shape index (κ1) is 11.2. The van der Waals surface area contributed by atoms with Gasteiger partial charge < -0.3 is 14.6 Å². The van der Waals surface area contributed by atoms with E-state index in [2.05, 4.69) is 5.32 Å². The van der Waals surface area contributed by atoms with Gasteiger partial charge in [-0.1, -0.05) is 0 Å². The van der Waals surface area contributed by atoms with Crippen molar-refractivity contribution in [2.24, 2.45) is 0 Å². The number of rotatable bonds is 3. The highest BCUT2D eigenvalue weighted by molar-refractivity contribution is 5.93. The molecule has 1 saturated heterocycles. The Balaban J connectivity index is 2.12. The van der Waals surface area contributed by atoms with Gasteiger partial charge in [-0.25, -0.2) is 0 Å². The van der Waals surface area contributed by atoms with E-state index in [-0.39, 0.29) is 5.91 Å². The van der Waals surface area contributed by atoms with Gasteiger partial charge in [-0.15, -0.1) is 0 Å². The summed E-state index contributed by atoms with van der Waals surface area (Å²) in [5, 5.41) is 3.13. The second-order valence-corrected chi connectivity index (χ2v) is 4.29. The standard InChI is InChI=1S/C12H18N2O2/c1-9-5-7-16-11(9)12(15)14-6-3-4-10(14)8-13-2/h5,7,10,13H,3-4,6,8H2,1-2H3. The fraction of sp³-hybridized carbons (Fsp3) is 0.583. The van der Waals surface area contributed by atoms with E-state index in [1.807, 2.05) is 24.9 Å². The summed E-state index contributed by atoms with van der Waals surface area (Å²) in [6.07, 6.45) is 3.73. The summed E-state index contributed by atoms with van der Waals surface area (Å²) in [6, 6.07) is 2.14. The zero-order valence-corrected chi connectivity index (χ0v) is 9.82. The van der Waals surface area contributed by atoms with Crippen LogP contribution in [0.25, 0.3) is 0 Å². The first-order valence-electron chi connectivity index (χ1n) is 5.73. The van der Waals surface area contributed by atoms with Crippen molar-refractivity contribution in [3.8, 4) is 0 Å². The Morgan fingerprint density at radius 3 is 3.12 bits per heavy atom. The van der Waals surface area contributed by atoms with Gasteiger partial charge in [-0.2, -0.15) is 0 Å². The molecule has 2 heterocycles. The molecule has 1 unspecified atom stereocenters. The number of nitrogens with one attached hydrogen (secondary N) is 1. The normalized spacial score (nSPS) is 20.4. The van der Waals surface area contributed by atoms with Gasteiger partial charge in [0.2, 0.25) is 0 Å². The van der Waals surface area contributed by atoms with Crippen LogP contribution in [0.2, 0.25) is 0 Å². The Kier molecular flexibility index (Phi) is 3.29. The van der Waals surface area contributed by atoms with E-state index in [0.29, 0.717) is 11.8 Å². The molecule has 1 amide bonds. The van der Waals surface area contributed by atoms with E-state index < -0.39 is 0 Å². The van der Waals surface area contributed by atoms with Crippen LogP contribution in [0, 0.1) is 6.92 Å². The van der Waals surface area contributed by atoms with Gasteiger partial charge in [0.1, 0.15) is 0 Å². The second-order valence-electron chi connectivity index (χ2n) is 4.29. The van der Waals surface area contributed by atoms with Crippen LogP contribution in [0.4, 0.5) is 0 Å². The highest BCUT2D eigenvalue weighted by Gasteiger charge is 2.30. The van der Waals surface area contributed by atoms with Crippen molar-refractivity contribution in [1.29, 1.82) is 0 Å². The molecule has 0 aromatic carbocycles. The second kappa shape index (κ2) is 4.70. The van der Waals surface area contributed by atoms with E-state index in [1.54, 1.807) is 6.26 Å².